The molecule has 2 N–H and O–H groups in total. The van der Waals surface area contributed by atoms with Gasteiger partial charge >= 0.3 is 0 Å². The first-order valence-electron chi connectivity index (χ1n) is 5.97. The molecule has 5 heteroatoms. The zero-order chi connectivity index (χ0) is 13.0. The molecule has 1 atom stereocenters. The average molecular weight is 247 g/mol. The maximum Gasteiger partial charge on any atom is 0.253 e. The lowest BCUT2D eigenvalue weighted by atomic mass is 10.0. The minimum Gasteiger partial charge on any atom is -0.483 e. The normalized spacial score (nSPS) is 12.4. The van der Waals surface area contributed by atoms with E-state index in [2.05, 4.69) is 10.2 Å². The first-order chi connectivity index (χ1) is 8.70. The zero-order valence-corrected chi connectivity index (χ0v) is 10.6. The highest BCUT2D eigenvalue weighted by Crippen LogP contribution is 2.25. The maximum atomic E-state index is 6.04. The van der Waals surface area contributed by atoms with Crippen LogP contribution in [0.2, 0.25) is 0 Å². The van der Waals surface area contributed by atoms with E-state index in [4.69, 9.17) is 14.9 Å². The third kappa shape index (κ3) is 2.87. The molecule has 96 valence electrons. The molecule has 0 amide bonds. The van der Waals surface area contributed by atoms with Gasteiger partial charge in [-0.3, -0.25) is 0 Å². The van der Waals surface area contributed by atoms with Gasteiger partial charge < -0.3 is 14.9 Å². The van der Waals surface area contributed by atoms with Crippen LogP contribution in [0.5, 0.6) is 5.75 Å². The Morgan fingerprint density at radius 1 is 1.33 bits per heavy atom. The standard InChI is InChI=1S/C13H17N3O2/c1-3-11(14)10-6-4-5-7-12(10)17-8-13-16-15-9(2)18-13/h4-7,11H,3,8,14H2,1-2H3. The molecule has 2 rings (SSSR count). The number of aromatic nitrogens is 2. The third-order valence-electron chi connectivity index (χ3n) is 2.68. The van der Waals surface area contributed by atoms with Crippen LogP contribution in [0, 0.1) is 6.92 Å². The summed E-state index contributed by atoms with van der Waals surface area (Å²) in [6, 6.07) is 7.72. The molecule has 18 heavy (non-hydrogen) atoms. The van der Waals surface area contributed by atoms with Crippen molar-refractivity contribution in [2.45, 2.75) is 32.9 Å². The molecule has 0 aliphatic rings. The van der Waals surface area contributed by atoms with Gasteiger partial charge in [0.1, 0.15) is 5.75 Å². The van der Waals surface area contributed by atoms with Crippen LogP contribution in [0.4, 0.5) is 0 Å². The SMILES string of the molecule is CCC(N)c1ccccc1OCc1nnc(C)o1. The van der Waals surface area contributed by atoms with Crippen molar-refractivity contribution in [3.8, 4) is 5.75 Å². The van der Waals surface area contributed by atoms with Crippen LogP contribution in [0.25, 0.3) is 0 Å². The van der Waals surface area contributed by atoms with Gasteiger partial charge in [0.05, 0.1) is 0 Å². The van der Waals surface area contributed by atoms with Crippen molar-refractivity contribution >= 4 is 0 Å². The molecule has 0 spiro atoms. The van der Waals surface area contributed by atoms with Crippen LogP contribution in [0.15, 0.2) is 28.7 Å². The minimum atomic E-state index is -0.0226. The van der Waals surface area contributed by atoms with Crippen LogP contribution >= 0.6 is 0 Å². The molecule has 0 aliphatic heterocycles. The van der Waals surface area contributed by atoms with E-state index in [9.17, 15) is 0 Å². The number of ether oxygens (including phenoxy) is 1. The molecule has 5 nitrogen and oxygen atoms in total. The Labute approximate surface area is 106 Å². The van der Waals surface area contributed by atoms with Crippen LogP contribution in [0.1, 0.15) is 36.7 Å². The van der Waals surface area contributed by atoms with Gasteiger partial charge in [-0.2, -0.15) is 0 Å². The fraction of sp³-hybridized carbons (Fsp3) is 0.385. The first-order valence-corrected chi connectivity index (χ1v) is 5.97. The summed E-state index contributed by atoms with van der Waals surface area (Å²) in [7, 11) is 0. The van der Waals surface area contributed by atoms with Crippen molar-refractivity contribution in [2.75, 3.05) is 0 Å². The van der Waals surface area contributed by atoms with Crippen molar-refractivity contribution < 1.29 is 9.15 Å². The fourth-order valence-corrected chi connectivity index (χ4v) is 1.67. The van der Waals surface area contributed by atoms with Gasteiger partial charge in [0.2, 0.25) is 5.89 Å². The van der Waals surface area contributed by atoms with Gasteiger partial charge in [-0.05, 0) is 12.5 Å². The number of para-hydroxylation sites is 1. The molecule has 1 unspecified atom stereocenters. The topological polar surface area (TPSA) is 74.2 Å². The summed E-state index contributed by atoms with van der Waals surface area (Å²) >= 11 is 0. The van der Waals surface area contributed by atoms with Crippen molar-refractivity contribution in [1.29, 1.82) is 0 Å². The number of aryl methyl sites for hydroxylation is 1. The lowest BCUT2D eigenvalue weighted by Gasteiger charge is -2.14. The highest BCUT2D eigenvalue weighted by Gasteiger charge is 2.11. The van der Waals surface area contributed by atoms with Crippen LogP contribution in [-0.4, -0.2) is 10.2 Å². The highest BCUT2D eigenvalue weighted by atomic mass is 16.5. The summed E-state index contributed by atoms with van der Waals surface area (Å²) in [5, 5.41) is 7.63. The van der Waals surface area contributed by atoms with Gasteiger partial charge in [0.15, 0.2) is 6.61 Å². The number of hydrogen-bond donors (Lipinski definition) is 1. The second kappa shape index (κ2) is 5.64. The zero-order valence-electron chi connectivity index (χ0n) is 10.6. The van der Waals surface area contributed by atoms with E-state index in [0.29, 0.717) is 11.8 Å². The molecule has 0 saturated heterocycles. The summed E-state index contributed by atoms with van der Waals surface area (Å²) in [6.07, 6.45) is 0.861. The van der Waals surface area contributed by atoms with Crippen molar-refractivity contribution in [3.05, 3.63) is 41.6 Å². The molecule has 1 heterocycles. The number of benzene rings is 1. The van der Waals surface area contributed by atoms with Gasteiger partial charge in [0, 0.05) is 18.5 Å². The first kappa shape index (κ1) is 12.6. The van der Waals surface area contributed by atoms with Crippen LogP contribution in [-0.2, 0) is 6.61 Å². The lowest BCUT2D eigenvalue weighted by molar-refractivity contribution is 0.257. The minimum absolute atomic E-state index is 0.0226. The largest absolute Gasteiger partial charge is 0.483 e. The van der Waals surface area contributed by atoms with Gasteiger partial charge in [-0.15, -0.1) is 10.2 Å². The average Bonchev–Trinajstić information content (AvgIpc) is 2.81. The summed E-state index contributed by atoms with van der Waals surface area (Å²) in [6.45, 7) is 4.05. The van der Waals surface area contributed by atoms with E-state index in [-0.39, 0.29) is 12.6 Å². The Morgan fingerprint density at radius 3 is 2.78 bits per heavy atom. The molecule has 2 aromatic rings. The summed E-state index contributed by atoms with van der Waals surface area (Å²) in [4.78, 5) is 0. The van der Waals surface area contributed by atoms with E-state index < -0.39 is 0 Å². The Hall–Kier alpha value is -1.88. The van der Waals surface area contributed by atoms with Crippen molar-refractivity contribution in [1.82, 2.24) is 10.2 Å². The predicted octanol–water partition coefficient (Wildman–Crippen LogP) is 2.37. The smallest absolute Gasteiger partial charge is 0.253 e. The molecule has 1 aromatic heterocycles. The summed E-state index contributed by atoms with van der Waals surface area (Å²) in [5.74, 6) is 1.77. The molecule has 0 fully saturated rings. The molecule has 0 bridgehead atoms. The van der Waals surface area contributed by atoms with Crippen LogP contribution in [0.3, 0.4) is 0 Å². The molecular weight excluding hydrogens is 230 g/mol. The molecule has 0 aliphatic carbocycles. The quantitative estimate of drug-likeness (QED) is 0.877. The summed E-state index contributed by atoms with van der Waals surface area (Å²) in [5.41, 5.74) is 7.03. The molecule has 0 radical (unpaired) electrons. The number of rotatable bonds is 5. The molecule has 0 saturated carbocycles. The van der Waals surface area contributed by atoms with E-state index in [0.717, 1.165) is 17.7 Å². The highest BCUT2D eigenvalue weighted by molar-refractivity contribution is 5.35. The van der Waals surface area contributed by atoms with Crippen LogP contribution < -0.4 is 10.5 Å². The van der Waals surface area contributed by atoms with Gasteiger partial charge in [-0.25, -0.2) is 0 Å². The fourth-order valence-electron chi connectivity index (χ4n) is 1.67. The number of nitrogens with two attached hydrogens (primary N) is 1. The lowest BCUT2D eigenvalue weighted by Crippen LogP contribution is -2.10. The summed E-state index contributed by atoms with van der Waals surface area (Å²) < 4.78 is 10.9. The monoisotopic (exact) mass is 247 g/mol. The Morgan fingerprint density at radius 2 is 2.11 bits per heavy atom. The molecular formula is C13H17N3O2. The van der Waals surface area contributed by atoms with E-state index in [1.165, 1.54) is 0 Å². The number of hydrogen-bond acceptors (Lipinski definition) is 5. The third-order valence-corrected chi connectivity index (χ3v) is 2.68. The van der Waals surface area contributed by atoms with E-state index in [1.807, 2.05) is 31.2 Å². The van der Waals surface area contributed by atoms with Gasteiger partial charge in [0.25, 0.3) is 5.89 Å². The number of nitrogens with zero attached hydrogens (tertiary/aromatic N) is 2. The Kier molecular flexibility index (Phi) is 3.94. The predicted molar refractivity (Wildman–Crippen MR) is 67.0 cm³/mol. The Balaban J connectivity index is 2.09. The van der Waals surface area contributed by atoms with Crippen molar-refractivity contribution in [3.63, 3.8) is 0 Å². The van der Waals surface area contributed by atoms with E-state index >= 15 is 0 Å². The second-order valence-corrected chi connectivity index (χ2v) is 4.06. The second-order valence-electron chi connectivity index (χ2n) is 4.06. The molecule has 1 aromatic carbocycles. The van der Waals surface area contributed by atoms with Crippen molar-refractivity contribution in [2.24, 2.45) is 5.73 Å². The Bertz CT molecular complexity index is 510. The van der Waals surface area contributed by atoms with E-state index in [1.54, 1.807) is 6.92 Å². The maximum absolute atomic E-state index is 6.04. The van der Waals surface area contributed by atoms with Gasteiger partial charge in [-0.1, -0.05) is 25.1 Å².